The summed E-state index contributed by atoms with van der Waals surface area (Å²) in [4.78, 5) is 19.7. The molecule has 0 spiro atoms. The molecule has 0 fully saturated rings. The molecule has 2 N–H and O–H groups in total. The Morgan fingerprint density at radius 2 is 2.40 bits per heavy atom. The van der Waals surface area contributed by atoms with Crippen molar-refractivity contribution in [3.63, 3.8) is 0 Å². The van der Waals surface area contributed by atoms with Gasteiger partial charge in [0, 0.05) is 6.20 Å². The number of halogens is 1. The van der Waals surface area contributed by atoms with Crippen LogP contribution in [0, 0.1) is 0 Å². The summed E-state index contributed by atoms with van der Waals surface area (Å²) >= 11 is 3.31. The number of Topliss-reactive ketones (excluding diaryl/α,β-unsaturated/α-hetero) is 1. The monoisotopic (exact) mass is 268 g/mol. The molecular weight excluding hydrogens is 260 g/mol. The minimum absolute atomic E-state index is 0.184. The molecule has 15 heavy (non-hydrogen) atoms. The first kappa shape index (κ1) is 10.3. The van der Waals surface area contributed by atoms with Crippen molar-refractivity contribution in [2.24, 2.45) is 5.73 Å². The molecule has 1 unspecified atom stereocenters. The lowest BCUT2D eigenvalue weighted by Crippen LogP contribution is -2.27. The average Bonchev–Trinajstić information content (AvgIpc) is 2.59. The summed E-state index contributed by atoms with van der Waals surface area (Å²) in [5.74, 6) is 0.296. The van der Waals surface area contributed by atoms with Crippen LogP contribution in [0.1, 0.15) is 17.4 Å². The van der Waals surface area contributed by atoms with E-state index < -0.39 is 6.04 Å². The van der Waals surface area contributed by atoms with Crippen molar-refractivity contribution >= 4 is 27.5 Å². The molecule has 2 rings (SSSR count). The molecule has 0 amide bonds. The first-order valence-corrected chi connectivity index (χ1v) is 5.18. The SMILES string of the molecule is CC(N)C(=O)c1ccn2c(Br)cnc2n1. The van der Waals surface area contributed by atoms with Crippen molar-refractivity contribution in [3.8, 4) is 0 Å². The van der Waals surface area contributed by atoms with Crippen molar-refractivity contribution in [3.05, 3.63) is 28.8 Å². The van der Waals surface area contributed by atoms with Gasteiger partial charge in [0.15, 0.2) is 5.78 Å². The Bertz CT molecular complexity index is 520. The standard InChI is InChI=1S/C9H9BrN4O/c1-5(11)8(15)6-2-3-14-7(10)4-12-9(14)13-6/h2-5H,11H2,1H3. The van der Waals surface area contributed by atoms with Gasteiger partial charge < -0.3 is 5.73 Å². The van der Waals surface area contributed by atoms with Gasteiger partial charge in [-0.05, 0) is 28.9 Å². The summed E-state index contributed by atoms with van der Waals surface area (Å²) in [6.07, 6.45) is 3.36. The number of rotatable bonds is 2. The van der Waals surface area contributed by atoms with Gasteiger partial charge in [-0.1, -0.05) is 0 Å². The Kier molecular flexibility index (Phi) is 2.54. The van der Waals surface area contributed by atoms with Crippen LogP contribution in [0.25, 0.3) is 5.78 Å². The molecule has 1 atom stereocenters. The molecule has 2 heterocycles. The van der Waals surface area contributed by atoms with Gasteiger partial charge in [-0.3, -0.25) is 9.20 Å². The molecule has 0 aromatic carbocycles. The van der Waals surface area contributed by atoms with E-state index in [4.69, 9.17) is 5.73 Å². The summed E-state index contributed by atoms with van der Waals surface area (Å²) in [5, 5.41) is 0. The zero-order valence-corrected chi connectivity index (χ0v) is 9.60. The van der Waals surface area contributed by atoms with Gasteiger partial charge in [-0.25, -0.2) is 9.97 Å². The van der Waals surface area contributed by atoms with Gasteiger partial charge in [0.2, 0.25) is 5.78 Å². The molecule has 6 heteroatoms. The molecule has 5 nitrogen and oxygen atoms in total. The number of imidazole rings is 1. The fourth-order valence-electron chi connectivity index (χ4n) is 1.21. The molecule has 2 aromatic rings. The molecule has 0 bridgehead atoms. The lowest BCUT2D eigenvalue weighted by atomic mass is 10.2. The van der Waals surface area contributed by atoms with Crippen LogP contribution < -0.4 is 5.73 Å². The minimum Gasteiger partial charge on any atom is -0.321 e. The summed E-state index contributed by atoms with van der Waals surface area (Å²) < 4.78 is 2.53. The maximum absolute atomic E-state index is 11.6. The summed E-state index contributed by atoms with van der Waals surface area (Å²) in [7, 11) is 0. The van der Waals surface area contributed by atoms with Crippen LogP contribution in [-0.4, -0.2) is 26.2 Å². The van der Waals surface area contributed by atoms with E-state index in [-0.39, 0.29) is 5.78 Å². The third-order valence-electron chi connectivity index (χ3n) is 2.00. The van der Waals surface area contributed by atoms with Crippen molar-refractivity contribution in [1.29, 1.82) is 0 Å². The molecule has 0 aliphatic heterocycles. The van der Waals surface area contributed by atoms with E-state index in [1.807, 2.05) is 0 Å². The predicted molar refractivity (Wildman–Crippen MR) is 58.7 cm³/mol. The van der Waals surface area contributed by atoms with Gasteiger partial charge >= 0.3 is 0 Å². The van der Waals surface area contributed by atoms with E-state index in [1.54, 1.807) is 29.8 Å². The number of nitrogens with zero attached hydrogens (tertiary/aromatic N) is 3. The highest BCUT2D eigenvalue weighted by molar-refractivity contribution is 9.10. The Balaban J connectivity index is 2.52. The van der Waals surface area contributed by atoms with Crippen LogP contribution in [0.15, 0.2) is 23.1 Å². The maximum Gasteiger partial charge on any atom is 0.235 e. The zero-order valence-electron chi connectivity index (χ0n) is 8.01. The van der Waals surface area contributed by atoms with Gasteiger partial charge in [-0.15, -0.1) is 0 Å². The minimum atomic E-state index is -0.543. The van der Waals surface area contributed by atoms with Gasteiger partial charge in [0.1, 0.15) is 10.3 Å². The van der Waals surface area contributed by atoms with Crippen LogP contribution in [0.2, 0.25) is 0 Å². The van der Waals surface area contributed by atoms with E-state index in [2.05, 4.69) is 25.9 Å². The maximum atomic E-state index is 11.6. The van der Waals surface area contributed by atoms with E-state index in [0.29, 0.717) is 11.5 Å². The van der Waals surface area contributed by atoms with Crippen LogP contribution in [0.4, 0.5) is 0 Å². The Labute approximate surface area is 94.5 Å². The smallest absolute Gasteiger partial charge is 0.235 e. The number of carbonyl (C=O) groups is 1. The Morgan fingerprint density at radius 1 is 1.67 bits per heavy atom. The van der Waals surface area contributed by atoms with Crippen molar-refractivity contribution in [2.75, 3.05) is 0 Å². The number of aromatic nitrogens is 3. The summed E-state index contributed by atoms with van der Waals surface area (Å²) in [6.45, 7) is 1.63. The zero-order chi connectivity index (χ0) is 11.0. The largest absolute Gasteiger partial charge is 0.321 e. The number of fused-ring (bicyclic) bond motifs is 1. The quantitative estimate of drug-likeness (QED) is 0.826. The average molecular weight is 269 g/mol. The first-order valence-electron chi connectivity index (χ1n) is 4.39. The normalized spacial score (nSPS) is 13.0. The molecule has 0 saturated heterocycles. The number of hydrogen-bond acceptors (Lipinski definition) is 4. The van der Waals surface area contributed by atoms with Crippen molar-refractivity contribution in [2.45, 2.75) is 13.0 Å². The number of nitrogens with two attached hydrogens (primary N) is 1. The number of ketones is 1. The van der Waals surface area contributed by atoms with Crippen LogP contribution >= 0.6 is 15.9 Å². The fraction of sp³-hybridized carbons (Fsp3) is 0.222. The van der Waals surface area contributed by atoms with E-state index in [1.165, 1.54) is 0 Å². The molecule has 2 aromatic heterocycles. The van der Waals surface area contributed by atoms with Crippen LogP contribution in [0.5, 0.6) is 0 Å². The highest BCUT2D eigenvalue weighted by Crippen LogP contribution is 2.11. The third-order valence-corrected chi connectivity index (χ3v) is 2.59. The summed E-state index contributed by atoms with van der Waals surface area (Å²) in [5.41, 5.74) is 5.83. The molecule has 0 radical (unpaired) electrons. The molecule has 0 saturated carbocycles. The van der Waals surface area contributed by atoms with E-state index in [0.717, 1.165) is 4.60 Å². The molecule has 0 aliphatic rings. The summed E-state index contributed by atoms with van der Waals surface area (Å²) in [6, 6.07) is 1.09. The second-order valence-corrected chi connectivity index (χ2v) is 4.03. The van der Waals surface area contributed by atoms with Crippen molar-refractivity contribution < 1.29 is 4.79 Å². The number of hydrogen-bond donors (Lipinski definition) is 1. The van der Waals surface area contributed by atoms with E-state index >= 15 is 0 Å². The van der Waals surface area contributed by atoms with Crippen molar-refractivity contribution in [1.82, 2.24) is 14.4 Å². The second kappa shape index (κ2) is 3.71. The second-order valence-electron chi connectivity index (χ2n) is 3.22. The van der Waals surface area contributed by atoms with E-state index in [9.17, 15) is 4.79 Å². The third kappa shape index (κ3) is 1.78. The van der Waals surface area contributed by atoms with Crippen LogP contribution in [0.3, 0.4) is 0 Å². The molecule has 0 aliphatic carbocycles. The first-order chi connectivity index (χ1) is 7.09. The van der Waals surface area contributed by atoms with Gasteiger partial charge in [-0.2, -0.15) is 0 Å². The molecular formula is C9H9BrN4O. The van der Waals surface area contributed by atoms with Gasteiger partial charge in [0.05, 0.1) is 12.2 Å². The topological polar surface area (TPSA) is 73.3 Å². The van der Waals surface area contributed by atoms with Gasteiger partial charge in [0.25, 0.3) is 0 Å². The highest BCUT2D eigenvalue weighted by Gasteiger charge is 2.13. The Morgan fingerprint density at radius 3 is 3.07 bits per heavy atom. The Hall–Kier alpha value is -1.27. The molecule has 78 valence electrons. The van der Waals surface area contributed by atoms with Crippen LogP contribution in [-0.2, 0) is 0 Å². The fourth-order valence-corrected chi connectivity index (χ4v) is 1.59. The number of carbonyl (C=O) groups excluding carboxylic acids is 1. The predicted octanol–water partition coefficient (Wildman–Crippen LogP) is 1.02. The lowest BCUT2D eigenvalue weighted by Gasteiger charge is -2.03. The highest BCUT2D eigenvalue weighted by atomic mass is 79.9. The lowest BCUT2D eigenvalue weighted by molar-refractivity contribution is 0.0963.